The second kappa shape index (κ2) is 6.64. The highest BCUT2D eigenvalue weighted by Gasteiger charge is 2.56. The van der Waals surface area contributed by atoms with Crippen LogP contribution in [0.3, 0.4) is 0 Å². The van der Waals surface area contributed by atoms with E-state index in [1.807, 2.05) is 0 Å². The number of methoxy groups -OCH3 is 1. The Hall–Kier alpha value is -1.64. The van der Waals surface area contributed by atoms with Crippen molar-refractivity contribution >= 4 is 0 Å². The van der Waals surface area contributed by atoms with Crippen molar-refractivity contribution in [2.75, 3.05) is 33.9 Å². The Bertz CT molecular complexity index is 542. The van der Waals surface area contributed by atoms with E-state index in [4.69, 9.17) is 4.74 Å². The minimum atomic E-state index is 0.198. The summed E-state index contributed by atoms with van der Waals surface area (Å²) in [5.41, 5.74) is 3.10. The van der Waals surface area contributed by atoms with Crippen LogP contribution in [0.5, 0.6) is 0 Å². The molecule has 0 spiro atoms. The van der Waals surface area contributed by atoms with Crippen molar-refractivity contribution in [3.8, 4) is 0 Å². The predicted octanol–water partition coefficient (Wildman–Crippen LogP) is 3.57. The molecule has 2 nitrogen and oxygen atoms in total. The second-order valence-electron chi connectivity index (χ2n) is 6.36. The third-order valence-corrected chi connectivity index (χ3v) is 4.89. The van der Waals surface area contributed by atoms with E-state index in [1.165, 1.54) is 17.5 Å². The molecular formula is C20H25NO. The lowest BCUT2D eigenvalue weighted by atomic mass is 9.85. The van der Waals surface area contributed by atoms with Crippen molar-refractivity contribution in [1.82, 2.24) is 4.90 Å². The Morgan fingerprint density at radius 2 is 1.55 bits per heavy atom. The van der Waals surface area contributed by atoms with Crippen molar-refractivity contribution in [3.05, 3.63) is 71.8 Å². The molecule has 0 N–H and O–H groups in total. The van der Waals surface area contributed by atoms with Gasteiger partial charge in [0.2, 0.25) is 0 Å². The molecule has 1 atom stereocenters. The fourth-order valence-electron chi connectivity index (χ4n) is 3.61. The summed E-state index contributed by atoms with van der Waals surface area (Å²) in [6.45, 7) is 2.91. The summed E-state index contributed by atoms with van der Waals surface area (Å²) in [6.07, 6.45) is 1.23. The van der Waals surface area contributed by atoms with Crippen molar-refractivity contribution < 1.29 is 4.74 Å². The van der Waals surface area contributed by atoms with Crippen molar-refractivity contribution in [2.24, 2.45) is 5.92 Å². The number of likely N-dealkylation sites (N-methyl/N-ethyl adjacent to an activating group) is 1. The highest BCUT2D eigenvalue weighted by atomic mass is 16.5. The third kappa shape index (κ3) is 2.94. The molecule has 0 amide bonds. The van der Waals surface area contributed by atoms with Crippen molar-refractivity contribution in [1.29, 1.82) is 0 Å². The topological polar surface area (TPSA) is 12.5 Å². The number of hydrogen-bond acceptors (Lipinski definition) is 2. The number of ether oxygens (including phenoxy) is 1. The molecule has 22 heavy (non-hydrogen) atoms. The Labute approximate surface area is 133 Å². The maximum atomic E-state index is 5.19. The smallest absolute Gasteiger partial charge is 0.0589 e. The molecule has 0 aliphatic heterocycles. The molecule has 0 bridgehead atoms. The minimum absolute atomic E-state index is 0.198. The van der Waals surface area contributed by atoms with Crippen LogP contribution in [0.25, 0.3) is 0 Å². The largest absolute Gasteiger partial charge is 0.383 e. The maximum absolute atomic E-state index is 5.19. The Morgan fingerprint density at radius 3 is 2.05 bits per heavy atom. The van der Waals surface area contributed by atoms with E-state index in [0.717, 1.165) is 19.7 Å². The van der Waals surface area contributed by atoms with Gasteiger partial charge in [-0.15, -0.1) is 0 Å². The number of rotatable bonds is 7. The van der Waals surface area contributed by atoms with Crippen molar-refractivity contribution in [3.63, 3.8) is 0 Å². The Morgan fingerprint density at radius 1 is 1.00 bits per heavy atom. The third-order valence-electron chi connectivity index (χ3n) is 4.89. The summed E-state index contributed by atoms with van der Waals surface area (Å²) in [6, 6.07) is 21.9. The number of hydrogen-bond donors (Lipinski definition) is 0. The van der Waals surface area contributed by atoms with E-state index in [9.17, 15) is 0 Å². The van der Waals surface area contributed by atoms with Crippen LogP contribution in [0.4, 0.5) is 0 Å². The van der Waals surface area contributed by atoms with Gasteiger partial charge in [-0.25, -0.2) is 0 Å². The van der Waals surface area contributed by atoms with Gasteiger partial charge in [0.1, 0.15) is 0 Å². The molecule has 0 radical (unpaired) electrons. The lowest BCUT2D eigenvalue weighted by Gasteiger charge is -2.22. The average molecular weight is 295 g/mol. The van der Waals surface area contributed by atoms with Crippen LogP contribution >= 0.6 is 0 Å². The first kappa shape index (κ1) is 15.3. The molecule has 1 saturated carbocycles. The molecule has 0 saturated heterocycles. The predicted molar refractivity (Wildman–Crippen MR) is 91.1 cm³/mol. The zero-order valence-corrected chi connectivity index (χ0v) is 13.5. The molecule has 2 aromatic carbocycles. The van der Waals surface area contributed by atoms with Crippen LogP contribution < -0.4 is 0 Å². The highest BCUT2D eigenvalue weighted by Crippen LogP contribution is 2.58. The van der Waals surface area contributed by atoms with Gasteiger partial charge in [-0.2, -0.15) is 0 Å². The molecule has 0 heterocycles. The molecule has 3 rings (SSSR count). The van der Waals surface area contributed by atoms with E-state index in [0.29, 0.717) is 5.92 Å². The van der Waals surface area contributed by atoms with E-state index in [1.54, 1.807) is 7.11 Å². The molecule has 0 unspecified atom stereocenters. The summed E-state index contributed by atoms with van der Waals surface area (Å²) in [5, 5.41) is 0. The first-order valence-corrected chi connectivity index (χ1v) is 8.06. The van der Waals surface area contributed by atoms with E-state index in [-0.39, 0.29) is 5.41 Å². The molecule has 2 aromatic rings. The highest BCUT2D eigenvalue weighted by molar-refractivity contribution is 5.47. The number of nitrogens with zero attached hydrogens (tertiary/aromatic N) is 1. The van der Waals surface area contributed by atoms with Crippen LogP contribution in [0.15, 0.2) is 60.7 Å². The summed E-state index contributed by atoms with van der Waals surface area (Å²) >= 11 is 0. The lowest BCUT2D eigenvalue weighted by molar-refractivity contribution is 0.158. The molecule has 1 aliphatic carbocycles. The first-order chi connectivity index (χ1) is 10.8. The fraction of sp³-hybridized carbons (Fsp3) is 0.400. The Balaban J connectivity index is 1.82. The number of benzene rings is 2. The van der Waals surface area contributed by atoms with Gasteiger partial charge < -0.3 is 9.64 Å². The zero-order chi connectivity index (χ0) is 15.4. The molecule has 0 aromatic heterocycles. The Kier molecular flexibility index (Phi) is 4.60. The quantitative estimate of drug-likeness (QED) is 0.774. The van der Waals surface area contributed by atoms with Gasteiger partial charge in [0.25, 0.3) is 0 Å². The lowest BCUT2D eigenvalue weighted by Crippen LogP contribution is -2.27. The molecule has 1 aliphatic rings. The van der Waals surface area contributed by atoms with Gasteiger partial charge in [0, 0.05) is 25.6 Å². The molecule has 1 fully saturated rings. The van der Waals surface area contributed by atoms with Crippen LogP contribution in [0, 0.1) is 5.92 Å². The van der Waals surface area contributed by atoms with Crippen LogP contribution in [-0.2, 0) is 10.2 Å². The summed E-state index contributed by atoms with van der Waals surface area (Å²) in [7, 11) is 3.96. The first-order valence-electron chi connectivity index (χ1n) is 8.06. The average Bonchev–Trinajstić information content (AvgIpc) is 3.29. The van der Waals surface area contributed by atoms with Gasteiger partial charge in [-0.3, -0.25) is 0 Å². The standard InChI is InChI=1S/C20H25NO/c1-21(13-14-22-2)16-19-15-20(19,17-9-5-3-6-10-17)18-11-7-4-8-12-18/h3-12,19H,13-16H2,1-2H3/t19-/m0/s1. The summed E-state index contributed by atoms with van der Waals surface area (Å²) in [4.78, 5) is 2.39. The van der Waals surface area contributed by atoms with E-state index >= 15 is 0 Å². The fourth-order valence-corrected chi connectivity index (χ4v) is 3.61. The zero-order valence-electron chi connectivity index (χ0n) is 13.5. The SMILES string of the molecule is COCCN(C)C[C@@H]1CC1(c1ccccc1)c1ccccc1. The van der Waals surface area contributed by atoms with Crippen LogP contribution in [0.2, 0.25) is 0 Å². The van der Waals surface area contributed by atoms with Gasteiger partial charge in [-0.05, 0) is 30.5 Å². The van der Waals surface area contributed by atoms with Crippen LogP contribution in [-0.4, -0.2) is 38.8 Å². The monoisotopic (exact) mass is 295 g/mol. The van der Waals surface area contributed by atoms with Gasteiger partial charge in [0.05, 0.1) is 6.61 Å². The molecule has 116 valence electrons. The van der Waals surface area contributed by atoms with Gasteiger partial charge in [0.15, 0.2) is 0 Å². The van der Waals surface area contributed by atoms with Gasteiger partial charge >= 0.3 is 0 Å². The van der Waals surface area contributed by atoms with E-state index in [2.05, 4.69) is 72.6 Å². The maximum Gasteiger partial charge on any atom is 0.0589 e. The minimum Gasteiger partial charge on any atom is -0.383 e. The summed E-state index contributed by atoms with van der Waals surface area (Å²) in [5.74, 6) is 0.680. The normalized spacial score (nSPS) is 19.3. The molecule has 2 heteroatoms. The summed E-state index contributed by atoms with van der Waals surface area (Å²) < 4.78 is 5.19. The second-order valence-corrected chi connectivity index (χ2v) is 6.36. The molecular weight excluding hydrogens is 270 g/mol. The van der Waals surface area contributed by atoms with Gasteiger partial charge in [-0.1, -0.05) is 60.7 Å². The van der Waals surface area contributed by atoms with Crippen LogP contribution in [0.1, 0.15) is 17.5 Å². The van der Waals surface area contributed by atoms with E-state index < -0.39 is 0 Å². The van der Waals surface area contributed by atoms with Crippen molar-refractivity contribution in [2.45, 2.75) is 11.8 Å².